The van der Waals surface area contributed by atoms with Crippen molar-refractivity contribution in [3.8, 4) is 23.1 Å². The molecule has 0 aliphatic rings. The van der Waals surface area contributed by atoms with Gasteiger partial charge in [0.2, 0.25) is 5.88 Å². The fourth-order valence-corrected chi connectivity index (χ4v) is 3.69. The van der Waals surface area contributed by atoms with Crippen LogP contribution < -0.4 is 19.1 Å². The molecule has 1 amide bonds. The predicted molar refractivity (Wildman–Crippen MR) is 125 cm³/mol. The van der Waals surface area contributed by atoms with E-state index in [9.17, 15) is 4.79 Å². The Bertz CT molecular complexity index is 1120. The lowest BCUT2D eigenvalue weighted by molar-refractivity contribution is -0.120. The Morgan fingerprint density at radius 3 is 2.31 bits per heavy atom. The van der Waals surface area contributed by atoms with Crippen LogP contribution >= 0.6 is 11.3 Å². The van der Waals surface area contributed by atoms with Crippen molar-refractivity contribution in [3.05, 3.63) is 95.3 Å². The van der Waals surface area contributed by atoms with Crippen LogP contribution in [-0.2, 0) is 11.3 Å². The Balaban J connectivity index is 1.41. The molecular weight excluding hydrogens is 424 g/mol. The number of methoxy groups -OCH3 is 1. The van der Waals surface area contributed by atoms with Crippen LogP contribution in [0, 0.1) is 0 Å². The molecule has 32 heavy (non-hydrogen) atoms. The second kappa shape index (κ2) is 10.5. The van der Waals surface area contributed by atoms with Crippen LogP contribution in [0.5, 0.6) is 23.1 Å². The van der Waals surface area contributed by atoms with Gasteiger partial charge in [0, 0.05) is 22.8 Å². The van der Waals surface area contributed by atoms with Crippen LogP contribution in [0.3, 0.4) is 0 Å². The first-order valence-electron chi connectivity index (χ1n) is 10.00. The normalized spacial score (nSPS) is 10.4. The number of aromatic nitrogens is 1. The largest absolute Gasteiger partial charge is 0.497 e. The summed E-state index contributed by atoms with van der Waals surface area (Å²) in [6.45, 7) is 0.390. The van der Waals surface area contributed by atoms with E-state index in [0.29, 0.717) is 23.9 Å². The van der Waals surface area contributed by atoms with Crippen LogP contribution in [0.2, 0.25) is 0 Å². The molecule has 0 saturated heterocycles. The average molecular weight is 447 g/mol. The molecule has 2 aromatic carbocycles. The molecule has 0 aliphatic carbocycles. The topological polar surface area (TPSA) is 60.9 Å². The van der Waals surface area contributed by atoms with Crippen molar-refractivity contribution in [1.82, 2.24) is 4.98 Å². The SMILES string of the molecule is COc1ccc(N(Cc2cccs2)C(=O)COc2ccc(Oc3ccccn3)cc2)cc1. The third kappa shape index (κ3) is 5.65. The van der Waals surface area contributed by atoms with E-state index < -0.39 is 0 Å². The molecule has 0 saturated carbocycles. The molecule has 4 aromatic rings. The van der Waals surface area contributed by atoms with Crippen molar-refractivity contribution in [1.29, 1.82) is 0 Å². The predicted octanol–water partition coefficient (Wildman–Crippen LogP) is 5.56. The molecule has 6 nitrogen and oxygen atoms in total. The minimum absolute atomic E-state index is 0.0855. The van der Waals surface area contributed by atoms with Crippen molar-refractivity contribution in [2.24, 2.45) is 0 Å². The minimum Gasteiger partial charge on any atom is -0.497 e. The van der Waals surface area contributed by atoms with Crippen molar-refractivity contribution in [3.63, 3.8) is 0 Å². The lowest BCUT2D eigenvalue weighted by Gasteiger charge is -2.22. The highest BCUT2D eigenvalue weighted by Crippen LogP contribution is 2.25. The highest BCUT2D eigenvalue weighted by atomic mass is 32.1. The van der Waals surface area contributed by atoms with Gasteiger partial charge in [-0.05, 0) is 66.0 Å². The number of thiophene rings is 1. The van der Waals surface area contributed by atoms with E-state index in [2.05, 4.69) is 4.98 Å². The van der Waals surface area contributed by atoms with Crippen molar-refractivity contribution in [2.75, 3.05) is 18.6 Å². The summed E-state index contributed by atoms with van der Waals surface area (Å²) >= 11 is 1.61. The molecule has 0 bridgehead atoms. The Morgan fingerprint density at radius 2 is 1.66 bits per heavy atom. The van der Waals surface area contributed by atoms with Crippen molar-refractivity contribution >= 4 is 22.9 Å². The van der Waals surface area contributed by atoms with Gasteiger partial charge in [0.05, 0.1) is 13.7 Å². The van der Waals surface area contributed by atoms with Gasteiger partial charge < -0.3 is 19.1 Å². The summed E-state index contributed by atoms with van der Waals surface area (Å²) in [7, 11) is 1.62. The molecule has 162 valence electrons. The quantitative estimate of drug-likeness (QED) is 0.337. The van der Waals surface area contributed by atoms with Gasteiger partial charge in [0.1, 0.15) is 17.2 Å². The maximum absolute atomic E-state index is 13.0. The van der Waals surface area contributed by atoms with Crippen LogP contribution in [0.4, 0.5) is 5.69 Å². The van der Waals surface area contributed by atoms with E-state index in [0.717, 1.165) is 16.3 Å². The van der Waals surface area contributed by atoms with E-state index in [4.69, 9.17) is 14.2 Å². The monoisotopic (exact) mass is 446 g/mol. The summed E-state index contributed by atoms with van der Waals surface area (Å²) in [4.78, 5) is 20.0. The highest BCUT2D eigenvalue weighted by molar-refractivity contribution is 7.09. The second-order valence-corrected chi connectivity index (χ2v) is 7.82. The molecule has 2 aromatic heterocycles. The molecule has 0 spiro atoms. The molecule has 0 fully saturated rings. The number of hydrogen-bond donors (Lipinski definition) is 0. The lowest BCUT2D eigenvalue weighted by Crippen LogP contribution is -2.34. The average Bonchev–Trinajstić information content (AvgIpc) is 3.36. The van der Waals surface area contributed by atoms with Crippen LogP contribution in [0.25, 0.3) is 0 Å². The van der Waals surface area contributed by atoms with Crippen molar-refractivity contribution < 1.29 is 19.0 Å². The van der Waals surface area contributed by atoms with E-state index >= 15 is 0 Å². The third-order valence-corrected chi connectivity index (χ3v) is 5.49. The van der Waals surface area contributed by atoms with Gasteiger partial charge in [-0.15, -0.1) is 11.3 Å². The number of benzene rings is 2. The molecule has 0 aliphatic heterocycles. The minimum atomic E-state index is -0.141. The fraction of sp³-hybridized carbons (Fsp3) is 0.120. The third-order valence-electron chi connectivity index (χ3n) is 4.63. The highest BCUT2D eigenvalue weighted by Gasteiger charge is 2.18. The number of rotatable bonds is 9. The number of anilines is 1. The van der Waals surface area contributed by atoms with E-state index in [-0.39, 0.29) is 12.5 Å². The molecule has 7 heteroatoms. The van der Waals surface area contributed by atoms with Crippen LogP contribution in [-0.4, -0.2) is 24.6 Å². The van der Waals surface area contributed by atoms with Gasteiger partial charge >= 0.3 is 0 Å². The Kier molecular flexibility index (Phi) is 6.99. The molecule has 2 heterocycles. The molecule has 0 radical (unpaired) electrons. The zero-order valence-electron chi connectivity index (χ0n) is 17.5. The van der Waals surface area contributed by atoms with Gasteiger partial charge in [-0.1, -0.05) is 12.1 Å². The maximum Gasteiger partial charge on any atom is 0.265 e. The van der Waals surface area contributed by atoms with Gasteiger partial charge in [0.25, 0.3) is 5.91 Å². The number of hydrogen-bond acceptors (Lipinski definition) is 6. The molecule has 0 unspecified atom stereocenters. The first-order valence-corrected chi connectivity index (χ1v) is 10.9. The number of carbonyl (C=O) groups excluding carboxylic acids is 1. The number of nitrogens with zero attached hydrogens (tertiary/aromatic N) is 2. The fourth-order valence-electron chi connectivity index (χ4n) is 3.00. The summed E-state index contributed by atoms with van der Waals surface area (Å²) in [5, 5.41) is 2.00. The molecule has 0 N–H and O–H groups in total. The first kappa shape index (κ1) is 21.4. The zero-order chi connectivity index (χ0) is 22.2. The molecular formula is C25H22N2O4S. The second-order valence-electron chi connectivity index (χ2n) is 6.79. The summed E-state index contributed by atoms with van der Waals surface area (Å²) in [5.74, 6) is 2.33. The summed E-state index contributed by atoms with van der Waals surface area (Å²) < 4.78 is 16.7. The van der Waals surface area contributed by atoms with Crippen LogP contribution in [0.15, 0.2) is 90.4 Å². The van der Waals surface area contributed by atoms with Gasteiger partial charge in [-0.25, -0.2) is 4.98 Å². The van der Waals surface area contributed by atoms with Crippen molar-refractivity contribution in [2.45, 2.75) is 6.54 Å². The number of amides is 1. The van der Waals surface area contributed by atoms with Gasteiger partial charge in [-0.2, -0.15) is 0 Å². The van der Waals surface area contributed by atoms with Gasteiger partial charge in [0.15, 0.2) is 6.61 Å². The zero-order valence-corrected chi connectivity index (χ0v) is 18.3. The number of carbonyl (C=O) groups is 1. The summed E-state index contributed by atoms with van der Waals surface area (Å²) in [6.07, 6.45) is 1.67. The maximum atomic E-state index is 13.0. The van der Waals surface area contributed by atoms with Gasteiger partial charge in [-0.3, -0.25) is 4.79 Å². The summed E-state index contributed by atoms with van der Waals surface area (Å²) in [5.41, 5.74) is 0.784. The molecule has 0 atom stereocenters. The smallest absolute Gasteiger partial charge is 0.265 e. The number of ether oxygens (including phenoxy) is 3. The Morgan fingerprint density at radius 1 is 0.906 bits per heavy atom. The Hall–Kier alpha value is -3.84. The molecule has 4 rings (SSSR count). The van der Waals surface area contributed by atoms with E-state index in [1.807, 2.05) is 53.9 Å². The van der Waals surface area contributed by atoms with E-state index in [1.165, 1.54) is 0 Å². The standard InChI is InChI=1S/C25H22N2O4S/c1-29-20-9-7-19(8-10-20)27(17-23-5-4-16-32-23)25(28)18-30-21-11-13-22(14-12-21)31-24-6-2-3-15-26-24/h2-16H,17-18H2,1H3. The van der Waals surface area contributed by atoms with Crippen LogP contribution in [0.1, 0.15) is 4.88 Å². The summed E-state index contributed by atoms with van der Waals surface area (Å²) in [6, 6.07) is 24.0. The number of pyridine rings is 1. The van der Waals surface area contributed by atoms with E-state index in [1.54, 1.807) is 59.9 Å². The Labute approximate surface area is 190 Å². The lowest BCUT2D eigenvalue weighted by atomic mass is 10.2. The first-order chi connectivity index (χ1) is 15.7.